The molecule has 4 heteroatoms. The third-order valence-electron chi connectivity index (χ3n) is 5.41. The van der Waals surface area contributed by atoms with E-state index >= 15 is 0 Å². The van der Waals surface area contributed by atoms with Crippen LogP contribution in [-0.4, -0.2) is 49.6 Å². The van der Waals surface area contributed by atoms with Gasteiger partial charge in [-0.25, -0.2) is 0 Å². The third kappa shape index (κ3) is 4.94. The molecule has 0 amide bonds. The fourth-order valence-electron chi connectivity index (χ4n) is 3.73. The standard InChI is InChI=1S/C21H31N3O/c1-17(21-10-7-15-25-21)22-20(18-8-5-4-6-9-18)16-24(3)19-11-13-23(2)14-12-19/h4-10,15,17,19-20,22H,11-14,16H2,1-3H3/t17-,20+/m1/s1. The molecular weight excluding hydrogens is 310 g/mol. The van der Waals surface area contributed by atoms with Gasteiger partial charge in [0.15, 0.2) is 0 Å². The Hall–Kier alpha value is -1.62. The lowest BCUT2D eigenvalue weighted by Crippen LogP contribution is -2.45. The van der Waals surface area contributed by atoms with Crippen molar-refractivity contribution < 1.29 is 4.42 Å². The Kier molecular flexibility index (Phi) is 6.29. The van der Waals surface area contributed by atoms with E-state index in [1.54, 1.807) is 6.26 Å². The van der Waals surface area contributed by atoms with Crippen LogP contribution in [0.5, 0.6) is 0 Å². The van der Waals surface area contributed by atoms with Crippen molar-refractivity contribution in [1.29, 1.82) is 0 Å². The van der Waals surface area contributed by atoms with E-state index in [0.717, 1.165) is 12.3 Å². The number of nitrogens with zero attached hydrogens (tertiary/aromatic N) is 2. The SMILES string of the molecule is C[C@@H](N[C@@H](CN(C)C1CCN(C)CC1)c1ccccc1)c1ccco1. The molecule has 25 heavy (non-hydrogen) atoms. The highest BCUT2D eigenvalue weighted by molar-refractivity contribution is 5.20. The fraction of sp³-hybridized carbons (Fsp3) is 0.524. The van der Waals surface area contributed by atoms with E-state index in [4.69, 9.17) is 4.42 Å². The van der Waals surface area contributed by atoms with Gasteiger partial charge in [-0.05, 0) is 64.6 Å². The van der Waals surface area contributed by atoms with E-state index in [1.807, 2.05) is 12.1 Å². The number of piperidine rings is 1. The Morgan fingerprint density at radius 3 is 2.52 bits per heavy atom. The van der Waals surface area contributed by atoms with E-state index in [0.29, 0.717) is 6.04 Å². The highest BCUT2D eigenvalue weighted by Crippen LogP contribution is 2.23. The molecule has 2 atom stereocenters. The predicted molar refractivity (Wildman–Crippen MR) is 103 cm³/mol. The van der Waals surface area contributed by atoms with Gasteiger partial charge >= 0.3 is 0 Å². The molecule has 2 aromatic rings. The van der Waals surface area contributed by atoms with Crippen molar-refractivity contribution in [2.24, 2.45) is 0 Å². The molecule has 0 saturated carbocycles. The minimum Gasteiger partial charge on any atom is -0.468 e. The van der Waals surface area contributed by atoms with Crippen LogP contribution in [0.1, 0.15) is 43.2 Å². The summed E-state index contributed by atoms with van der Waals surface area (Å²) in [4.78, 5) is 4.96. The molecule has 136 valence electrons. The monoisotopic (exact) mass is 341 g/mol. The predicted octanol–water partition coefficient (Wildman–Crippen LogP) is 3.70. The Labute approximate surface area is 151 Å². The smallest absolute Gasteiger partial charge is 0.120 e. The lowest BCUT2D eigenvalue weighted by atomic mass is 10.0. The molecule has 0 unspecified atom stereocenters. The number of rotatable bonds is 7. The number of nitrogens with one attached hydrogen (secondary N) is 1. The van der Waals surface area contributed by atoms with Gasteiger partial charge in [-0.3, -0.25) is 5.32 Å². The molecule has 1 N–H and O–H groups in total. The van der Waals surface area contributed by atoms with Crippen LogP contribution in [0.25, 0.3) is 0 Å². The fourth-order valence-corrected chi connectivity index (χ4v) is 3.73. The van der Waals surface area contributed by atoms with Gasteiger partial charge in [-0.2, -0.15) is 0 Å². The minimum absolute atomic E-state index is 0.186. The average Bonchev–Trinajstić information content (AvgIpc) is 3.17. The quantitative estimate of drug-likeness (QED) is 0.832. The van der Waals surface area contributed by atoms with E-state index in [1.165, 1.54) is 31.5 Å². The van der Waals surface area contributed by atoms with Crippen LogP contribution < -0.4 is 5.32 Å². The summed E-state index contributed by atoms with van der Waals surface area (Å²) >= 11 is 0. The molecule has 0 radical (unpaired) electrons. The van der Waals surface area contributed by atoms with E-state index in [2.05, 4.69) is 66.5 Å². The van der Waals surface area contributed by atoms with Crippen molar-refractivity contribution >= 4 is 0 Å². The van der Waals surface area contributed by atoms with Gasteiger partial charge in [-0.1, -0.05) is 30.3 Å². The van der Waals surface area contributed by atoms with Gasteiger partial charge in [0.25, 0.3) is 0 Å². The molecule has 1 aliphatic heterocycles. The molecule has 3 rings (SSSR count). The normalized spacial score (nSPS) is 19.2. The van der Waals surface area contributed by atoms with Crippen LogP contribution >= 0.6 is 0 Å². The van der Waals surface area contributed by atoms with E-state index in [9.17, 15) is 0 Å². The lowest BCUT2D eigenvalue weighted by molar-refractivity contribution is 0.132. The second kappa shape index (κ2) is 8.65. The van der Waals surface area contributed by atoms with Gasteiger partial charge < -0.3 is 14.2 Å². The summed E-state index contributed by atoms with van der Waals surface area (Å²) in [7, 11) is 4.49. The Morgan fingerprint density at radius 1 is 1.16 bits per heavy atom. The van der Waals surface area contributed by atoms with E-state index in [-0.39, 0.29) is 12.1 Å². The van der Waals surface area contributed by atoms with E-state index < -0.39 is 0 Å². The molecule has 1 aromatic heterocycles. The minimum atomic E-state index is 0.186. The number of hydrogen-bond acceptors (Lipinski definition) is 4. The molecule has 0 spiro atoms. The summed E-state index contributed by atoms with van der Waals surface area (Å²) in [6.07, 6.45) is 4.25. The lowest BCUT2D eigenvalue weighted by Gasteiger charge is -2.37. The van der Waals surface area contributed by atoms with Crippen LogP contribution in [0.2, 0.25) is 0 Å². The zero-order chi connectivity index (χ0) is 17.6. The summed E-state index contributed by atoms with van der Waals surface area (Å²) in [6, 6.07) is 15.9. The van der Waals surface area contributed by atoms with Crippen LogP contribution in [0, 0.1) is 0 Å². The summed E-state index contributed by atoms with van der Waals surface area (Å²) < 4.78 is 5.58. The van der Waals surface area contributed by atoms with Gasteiger partial charge in [0.2, 0.25) is 0 Å². The zero-order valence-corrected chi connectivity index (χ0v) is 15.7. The molecule has 4 nitrogen and oxygen atoms in total. The second-order valence-electron chi connectivity index (χ2n) is 7.34. The highest BCUT2D eigenvalue weighted by Gasteiger charge is 2.24. The molecule has 1 saturated heterocycles. The molecule has 0 bridgehead atoms. The number of likely N-dealkylation sites (tertiary alicyclic amines) is 1. The zero-order valence-electron chi connectivity index (χ0n) is 15.7. The Morgan fingerprint density at radius 2 is 1.88 bits per heavy atom. The van der Waals surface area contributed by atoms with Crippen molar-refractivity contribution in [3.05, 3.63) is 60.1 Å². The van der Waals surface area contributed by atoms with Crippen molar-refractivity contribution in [2.45, 2.75) is 37.9 Å². The Bertz CT molecular complexity index is 605. The maximum Gasteiger partial charge on any atom is 0.120 e. The highest BCUT2D eigenvalue weighted by atomic mass is 16.3. The van der Waals surface area contributed by atoms with Gasteiger partial charge in [0.1, 0.15) is 5.76 Å². The number of furan rings is 1. The second-order valence-corrected chi connectivity index (χ2v) is 7.34. The topological polar surface area (TPSA) is 31.6 Å². The molecule has 1 aliphatic rings. The number of likely N-dealkylation sites (N-methyl/N-ethyl adjacent to an activating group) is 1. The van der Waals surface area contributed by atoms with Gasteiger partial charge in [0.05, 0.1) is 12.3 Å². The van der Waals surface area contributed by atoms with Crippen molar-refractivity contribution in [3.8, 4) is 0 Å². The van der Waals surface area contributed by atoms with Crippen LogP contribution in [-0.2, 0) is 0 Å². The first-order valence-corrected chi connectivity index (χ1v) is 9.36. The Balaban J connectivity index is 1.68. The maximum absolute atomic E-state index is 5.58. The summed E-state index contributed by atoms with van der Waals surface area (Å²) in [5.74, 6) is 0.989. The third-order valence-corrected chi connectivity index (χ3v) is 5.41. The van der Waals surface area contributed by atoms with Crippen molar-refractivity contribution in [3.63, 3.8) is 0 Å². The van der Waals surface area contributed by atoms with Gasteiger partial charge in [-0.15, -0.1) is 0 Å². The molecule has 0 aliphatic carbocycles. The molecular formula is C21H31N3O. The van der Waals surface area contributed by atoms with Crippen molar-refractivity contribution in [1.82, 2.24) is 15.1 Å². The molecule has 1 aromatic carbocycles. The average molecular weight is 341 g/mol. The number of benzene rings is 1. The molecule has 1 fully saturated rings. The van der Waals surface area contributed by atoms with Gasteiger partial charge in [0, 0.05) is 18.6 Å². The summed E-state index contributed by atoms with van der Waals surface area (Å²) in [5, 5.41) is 3.77. The summed E-state index contributed by atoms with van der Waals surface area (Å²) in [5.41, 5.74) is 1.33. The largest absolute Gasteiger partial charge is 0.468 e. The van der Waals surface area contributed by atoms with Crippen LogP contribution in [0.3, 0.4) is 0 Å². The first-order valence-electron chi connectivity index (χ1n) is 9.36. The number of hydrogen-bond donors (Lipinski definition) is 1. The first kappa shape index (κ1) is 18.2. The molecule has 2 heterocycles. The summed E-state index contributed by atoms with van der Waals surface area (Å²) in [6.45, 7) is 5.57. The maximum atomic E-state index is 5.58. The first-order chi connectivity index (χ1) is 12.1. The van der Waals surface area contributed by atoms with Crippen LogP contribution in [0.15, 0.2) is 53.1 Å². The van der Waals surface area contributed by atoms with Crippen molar-refractivity contribution in [2.75, 3.05) is 33.7 Å². The van der Waals surface area contributed by atoms with Crippen LogP contribution in [0.4, 0.5) is 0 Å².